The SMILES string of the molecule is CCCC(CCN)CCC(=O)c1cncc(OCC)c1. The molecular weight excluding hydrogens is 252 g/mol. The lowest BCUT2D eigenvalue weighted by Gasteiger charge is -2.14. The molecule has 1 atom stereocenters. The molecule has 0 aliphatic heterocycles. The van der Waals surface area contributed by atoms with Gasteiger partial charge >= 0.3 is 0 Å². The van der Waals surface area contributed by atoms with Gasteiger partial charge in [0.15, 0.2) is 5.78 Å². The van der Waals surface area contributed by atoms with E-state index in [2.05, 4.69) is 11.9 Å². The predicted octanol–water partition coefficient (Wildman–Crippen LogP) is 3.21. The molecule has 0 radical (unpaired) electrons. The first-order valence-corrected chi connectivity index (χ1v) is 7.52. The smallest absolute Gasteiger partial charge is 0.164 e. The summed E-state index contributed by atoms with van der Waals surface area (Å²) in [4.78, 5) is 16.2. The number of nitrogens with two attached hydrogens (primary N) is 1. The zero-order valence-corrected chi connectivity index (χ0v) is 12.6. The minimum Gasteiger partial charge on any atom is -0.492 e. The second-order valence-electron chi connectivity index (χ2n) is 5.04. The van der Waals surface area contributed by atoms with Gasteiger partial charge in [-0.25, -0.2) is 0 Å². The van der Waals surface area contributed by atoms with Crippen LogP contribution in [0.15, 0.2) is 18.5 Å². The van der Waals surface area contributed by atoms with Crippen molar-refractivity contribution in [3.05, 3.63) is 24.0 Å². The van der Waals surface area contributed by atoms with Gasteiger partial charge in [-0.05, 0) is 38.3 Å². The molecule has 0 aliphatic carbocycles. The number of carbonyl (C=O) groups excluding carboxylic acids is 1. The van der Waals surface area contributed by atoms with Crippen molar-refractivity contribution in [2.75, 3.05) is 13.2 Å². The Labute approximate surface area is 121 Å². The van der Waals surface area contributed by atoms with E-state index in [9.17, 15) is 4.79 Å². The Kier molecular flexibility index (Phi) is 7.88. The summed E-state index contributed by atoms with van der Waals surface area (Å²) in [7, 11) is 0. The van der Waals surface area contributed by atoms with Crippen LogP contribution in [-0.2, 0) is 0 Å². The van der Waals surface area contributed by atoms with Crippen LogP contribution >= 0.6 is 0 Å². The first-order chi connectivity index (χ1) is 9.71. The minimum absolute atomic E-state index is 0.136. The van der Waals surface area contributed by atoms with Gasteiger partial charge in [0.25, 0.3) is 0 Å². The van der Waals surface area contributed by atoms with Crippen molar-refractivity contribution < 1.29 is 9.53 Å². The van der Waals surface area contributed by atoms with Crippen molar-refractivity contribution in [2.45, 2.75) is 46.0 Å². The van der Waals surface area contributed by atoms with Crippen LogP contribution < -0.4 is 10.5 Å². The lowest BCUT2D eigenvalue weighted by atomic mass is 9.92. The number of ketones is 1. The average molecular weight is 278 g/mol. The number of ether oxygens (including phenoxy) is 1. The van der Waals surface area contributed by atoms with E-state index in [-0.39, 0.29) is 5.78 Å². The van der Waals surface area contributed by atoms with E-state index in [1.54, 1.807) is 18.5 Å². The fourth-order valence-corrected chi connectivity index (χ4v) is 2.37. The topological polar surface area (TPSA) is 65.2 Å². The maximum Gasteiger partial charge on any atom is 0.164 e. The molecule has 0 spiro atoms. The first-order valence-electron chi connectivity index (χ1n) is 7.52. The standard InChI is InChI=1S/C16H26N2O2/c1-3-5-13(8-9-17)6-7-16(19)14-10-15(20-4-2)12-18-11-14/h10-13H,3-9,17H2,1-2H3. The van der Waals surface area contributed by atoms with Crippen molar-refractivity contribution in [3.8, 4) is 5.75 Å². The molecule has 4 nitrogen and oxygen atoms in total. The van der Waals surface area contributed by atoms with E-state index < -0.39 is 0 Å². The lowest BCUT2D eigenvalue weighted by Crippen LogP contribution is -2.11. The Balaban J connectivity index is 2.54. The highest BCUT2D eigenvalue weighted by atomic mass is 16.5. The first kappa shape index (κ1) is 16.6. The monoisotopic (exact) mass is 278 g/mol. The summed E-state index contributed by atoms with van der Waals surface area (Å²) in [5, 5.41) is 0. The van der Waals surface area contributed by atoms with Gasteiger partial charge in [-0.1, -0.05) is 19.8 Å². The van der Waals surface area contributed by atoms with E-state index in [4.69, 9.17) is 10.5 Å². The number of nitrogens with zero attached hydrogens (tertiary/aromatic N) is 1. The maximum absolute atomic E-state index is 12.2. The molecular formula is C16H26N2O2. The minimum atomic E-state index is 0.136. The largest absolute Gasteiger partial charge is 0.492 e. The summed E-state index contributed by atoms with van der Waals surface area (Å²) in [6.07, 6.45) is 7.99. The van der Waals surface area contributed by atoms with E-state index in [0.29, 0.717) is 36.8 Å². The normalized spacial score (nSPS) is 12.2. The molecule has 0 aliphatic rings. The van der Waals surface area contributed by atoms with Gasteiger partial charge in [-0.15, -0.1) is 0 Å². The Bertz CT molecular complexity index is 401. The number of pyridine rings is 1. The lowest BCUT2D eigenvalue weighted by molar-refractivity contribution is 0.0971. The zero-order chi connectivity index (χ0) is 14.8. The maximum atomic E-state index is 12.2. The van der Waals surface area contributed by atoms with Crippen molar-refractivity contribution >= 4 is 5.78 Å². The van der Waals surface area contributed by atoms with Crippen LogP contribution in [0.3, 0.4) is 0 Å². The van der Waals surface area contributed by atoms with Crippen molar-refractivity contribution in [3.63, 3.8) is 0 Å². The highest BCUT2D eigenvalue weighted by Gasteiger charge is 2.12. The molecule has 2 N–H and O–H groups in total. The van der Waals surface area contributed by atoms with Gasteiger partial charge in [-0.3, -0.25) is 9.78 Å². The third kappa shape index (κ3) is 5.70. The molecule has 4 heteroatoms. The Morgan fingerprint density at radius 3 is 2.75 bits per heavy atom. The molecule has 20 heavy (non-hydrogen) atoms. The molecule has 0 fully saturated rings. The third-order valence-corrected chi connectivity index (χ3v) is 3.40. The van der Waals surface area contributed by atoms with Gasteiger partial charge < -0.3 is 10.5 Å². The number of Topliss-reactive ketones (excluding diaryl/α,β-unsaturated/α-hetero) is 1. The molecule has 0 saturated heterocycles. The van der Waals surface area contributed by atoms with Gasteiger partial charge in [0.2, 0.25) is 0 Å². The van der Waals surface area contributed by atoms with Crippen LogP contribution in [0.1, 0.15) is 56.3 Å². The fourth-order valence-electron chi connectivity index (χ4n) is 2.37. The molecule has 1 aromatic rings. The Morgan fingerprint density at radius 2 is 2.10 bits per heavy atom. The summed E-state index contributed by atoms with van der Waals surface area (Å²) in [6, 6.07) is 1.77. The molecule has 0 saturated carbocycles. The molecule has 0 bridgehead atoms. The summed E-state index contributed by atoms with van der Waals surface area (Å²) in [5.74, 6) is 1.35. The van der Waals surface area contributed by atoms with Crippen molar-refractivity contribution in [2.24, 2.45) is 11.7 Å². The van der Waals surface area contributed by atoms with Gasteiger partial charge in [0.1, 0.15) is 5.75 Å². The van der Waals surface area contributed by atoms with Crippen LogP contribution in [0, 0.1) is 5.92 Å². The van der Waals surface area contributed by atoms with Crippen molar-refractivity contribution in [1.82, 2.24) is 4.98 Å². The van der Waals surface area contributed by atoms with E-state index >= 15 is 0 Å². The number of hydrogen-bond acceptors (Lipinski definition) is 4. The Morgan fingerprint density at radius 1 is 1.30 bits per heavy atom. The fraction of sp³-hybridized carbons (Fsp3) is 0.625. The van der Waals surface area contributed by atoms with E-state index in [1.807, 2.05) is 6.92 Å². The molecule has 1 unspecified atom stereocenters. The summed E-state index contributed by atoms with van der Waals surface area (Å²) < 4.78 is 5.37. The van der Waals surface area contributed by atoms with E-state index in [0.717, 1.165) is 25.7 Å². The summed E-state index contributed by atoms with van der Waals surface area (Å²) >= 11 is 0. The third-order valence-electron chi connectivity index (χ3n) is 3.40. The van der Waals surface area contributed by atoms with Crippen LogP contribution in [0.5, 0.6) is 5.75 Å². The summed E-state index contributed by atoms with van der Waals surface area (Å²) in [6.45, 7) is 5.35. The molecule has 1 aromatic heterocycles. The highest BCUT2D eigenvalue weighted by molar-refractivity contribution is 5.96. The van der Waals surface area contributed by atoms with Crippen LogP contribution in [0.2, 0.25) is 0 Å². The number of carbonyl (C=O) groups is 1. The van der Waals surface area contributed by atoms with Gasteiger partial charge in [0.05, 0.1) is 12.8 Å². The number of aromatic nitrogens is 1. The second kappa shape index (κ2) is 9.48. The van der Waals surface area contributed by atoms with Gasteiger partial charge in [-0.2, -0.15) is 0 Å². The molecule has 112 valence electrons. The molecule has 1 heterocycles. The molecule has 0 amide bonds. The van der Waals surface area contributed by atoms with Gasteiger partial charge in [0, 0.05) is 18.2 Å². The van der Waals surface area contributed by atoms with Crippen LogP contribution in [0.25, 0.3) is 0 Å². The molecule has 0 aromatic carbocycles. The van der Waals surface area contributed by atoms with Crippen LogP contribution in [-0.4, -0.2) is 23.9 Å². The second-order valence-corrected chi connectivity index (χ2v) is 5.04. The average Bonchev–Trinajstić information content (AvgIpc) is 2.45. The quantitative estimate of drug-likeness (QED) is 0.667. The van der Waals surface area contributed by atoms with E-state index in [1.165, 1.54) is 0 Å². The number of rotatable bonds is 10. The highest BCUT2D eigenvalue weighted by Crippen LogP contribution is 2.19. The predicted molar refractivity (Wildman–Crippen MR) is 81.0 cm³/mol. The van der Waals surface area contributed by atoms with Crippen molar-refractivity contribution in [1.29, 1.82) is 0 Å². The zero-order valence-electron chi connectivity index (χ0n) is 12.6. The molecule has 1 rings (SSSR count). The number of hydrogen-bond donors (Lipinski definition) is 1. The Hall–Kier alpha value is -1.42. The van der Waals surface area contributed by atoms with Crippen LogP contribution in [0.4, 0.5) is 0 Å². The summed E-state index contributed by atoms with van der Waals surface area (Å²) in [5.41, 5.74) is 6.26.